The molecule has 0 saturated heterocycles. The van der Waals surface area contributed by atoms with Crippen molar-refractivity contribution in [2.75, 3.05) is 33.9 Å². The third kappa shape index (κ3) is 5.65. The number of Topliss-reactive ketones (excluding diaryl/α,β-unsaturated/α-hetero) is 1. The smallest absolute Gasteiger partial charge is 0.216 e. The van der Waals surface area contributed by atoms with E-state index >= 15 is 0 Å². The molecule has 0 spiro atoms. The Bertz CT molecular complexity index is 718. The number of carbonyl (C=O) groups is 1. The zero-order valence-electron chi connectivity index (χ0n) is 16.3. The fourth-order valence-electron chi connectivity index (χ4n) is 2.59. The Morgan fingerprint density at radius 2 is 1.58 bits per heavy atom. The van der Waals surface area contributed by atoms with Gasteiger partial charge in [-0.25, -0.2) is 0 Å². The molecule has 0 radical (unpaired) electrons. The lowest BCUT2D eigenvalue weighted by atomic mass is 10.00. The Morgan fingerprint density at radius 3 is 2.19 bits per heavy atom. The van der Waals surface area contributed by atoms with E-state index < -0.39 is 0 Å². The lowest BCUT2D eigenvalue weighted by Crippen LogP contribution is -2.60. The molecular weight excluding hydrogens is 322 g/mol. The van der Waals surface area contributed by atoms with Crippen LogP contribution in [-0.2, 0) is 4.74 Å². The molecular formula is C23H30NO2+. The van der Waals surface area contributed by atoms with Crippen LogP contribution in [0.4, 0.5) is 0 Å². The van der Waals surface area contributed by atoms with Crippen LogP contribution in [0.15, 0.2) is 66.7 Å². The van der Waals surface area contributed by atoms with Crippen molar-refractivity contribution in [2.45, 2.75) is 19.4 Å². The summed E-state index contributed by atoms with van der Waals surface area (Å²) >= 11 is 0. The SMILES string of the molecule is CC(C)(COC/C=C/c1ccccc1)[N+](C)(C)CC(=O)c1ccccc1. The second kappa shape index (κ2) is 8.93. The number of benzene rings is 2. The summed E-state index contributed by atoms with van der Waals surface area (Å²) in [4.78, 5) is 12.6. The maximum absolute atomic E-state index is 12.6. The third-order valence-electron chi connectivity index (χ3n) is 5.05. The molecule has 0 aliphatic carbocycles. The Labute approximate surface area is 157 Å². The van der Waals surface area contributed by atoms with Crippen LogP contribution >= 0.6 is 0 Å². The average Bonchev–Trinajstić information content (AvgIpc) is 2.62. The molecule has 2 aromatic rings. The van der Waals surface area contributed by atoms with Gasteiger partial charge in [-0.3, -0.25) is 4.79 Å². The molecule has 2 aromatic carbocycles. The number of hydrogen-bond acceptors (Lipinski definition) is 2. The van der Waals surface area contributed by atoms with Crippen LogP contribution in [0.5, 0.6) is 0 Å². The number of hydrogen-bond donors (Lipinski definition) is 0. The van der Waals surface area contributed by atoms with Crippen molar-refractivity contribution in [2.24, 2.45) is 0 Å². The molecule has 2 rings (SSSR count). The van der Waals surface area contributed by atoms with Crippen molar-refractivity contribution in [1.82, 2.24) is 0 Å². The fourth-order valence-corrected chi connectivity index (χ4v) is 2.59. The molecule has 0 saturated carbocycles. The predicted octanol–water partition coefficient (Wildman–Crippen LogP) is 4.45. The summed E-state index contributed by atoms with van der Waals surface area (Å²) in [6, 6.07) is 19.7. The summed E-state index contributed by atoms with van der Waals surface area (Å²) in [7, 11) is 4.17. The summed E-state index contributed by atoms with van der Waals surface area (Å²) in [5.41, 5.74) is 1.76. The Hall–Kier alpha value is -2.23. The number of quaternary nitrogens is 1. The van der Waals surface area contributed by atoms with Crippen LogP contribution < -0.4 is 0 Å². The van der Waals surface area contributed by atoms with E-state index in [0.29, 0.717) is 24.2 Å². The van der Waals surface area contributed by atoms with Gasteiger partial charge in [0, 0.05) is 5.56 Å². The molecule has 3 nitrogen and oxygen atoms in total. The highest BCUT2D eigenvalue weighted by molar-refractivity contribution is 5.96. The van der Waals surface area contributed by atoms with E-state index in [9.17, 15) is 4.79 Å². The van der Waals surface area contributed by atoms with Gasteiger partial charge in [0.1, 0.15) is 18.7 Å². The van der Waals surface area contributed by atoms with Gasteiger partial charge in [-0.2, -0.15) is 0 Å². The van der Waals surface area contributed by atoms with Crippen molar-refractivity contribution in [3.8, 4) is 0 Å². The molecule has 0 aliphatic rings. The molecule has 0 N–H and O–H groups in total. The third-order valence-corrected chi connectivity index (χ3v) is 5.05. The molecule has 0 atom stereocenters. The molecule has 0 amide bonds. The minimum atomic E-state index is -0.176. The van der Waals surface area contributed by atoms with Crippen LogP contribution in [0.2, 0.25) is 0 Å². The number of likely N-dealkylation sites (N-methyl/N-ethyl adjacent to an activating group) is 1. The van der Waals surface area contributed by atoms with Crippen LogP contribution in [0.1, 0.15) is 29.8 Å². The minimum absolute atomic E-state index is 0.160. The normalized spacial score (nSPS) is 12.5. The van der Waals surface area contributed by atoms with Gasteiger partial charge in [-0.1, -0.05) is 72.8 Å². The zero-order valence-corrected chi connectivity index (χ0v) is 16.3. The fraction of sp³-hybridized carbons (Fsp3) is 0.348. The van der Waals surface area contributed by atoms with Crippen LogP contribution in [-0.4, -0.2) is 49.7 Å². The second-order valence-corrected chi connectivity index (χ2v) is 7.77. The maximum Gasteiger partial charge on any atom is 0.216 e. The first-order chi connectivity index (χ1) is 12.3. The largest absolute Gasteiger partial charge is 0.371 e. The average molecular weight is 352 g/mol. The lowest BCUT2D eigenvalue weighted by molar-refractivity contribution is -0.930. The molecule has 26 heavy (non-hydrogen) atoms. The maximum atomic E-state index is 12.6. The number of ether oxygens (including phenoxy) is 1. The molecule has 0 bridgehead atoms. The van der Waals surface area contributed by atoms with Gasteiger partial charge in [0.15, 0.2) is 0 Å². The van der Waals surface area contributed by atoms with Gasteiger partial charge in [0.2, 0.25) is 5.78 Å². The van der Waals surface area contributed by atoms with E-state index in [1.165, 1.54) is 5.56 Å². The van der Waals surface area contributed by atoms with E-state index in [4.69, 9.17) is 4.74 Å². The van der Waals surface area contributed by atoms with Crippen molar-refractivity contribution in [1.29, 1.82) is 0 Å². The molecule has 0 aliphatic heterocycles. The zero-order chi connectivity index (χ0) is 19.0. The van der Waals surface area contributed by atoms with E-state index in [-0.39, 0.29) is 11.3 Å². The van der Waals surface area contributed by atoms with Crippen LogP contribution in [0, 0.1) is 0 Å². The summed E-state index contributed by atoms with van der Waals surface area (Å²) < 4.78 is 6.45. The highest BCUT2D eigenvalue weighted by atomic mass is 16.5. The first kappa shape index (κ1) is 20.1. The van der Waals surface area contributed by atoms with Gasteiger partial charge in [0.05, 0.1) is 20.7 Å². The molecule has 3 heteroatoms. The predicted molar refractivity (Wildman–Crippen MR) is 108 cm³/mol. The van der Waals surface area contributed by atoms with E-state index in [1.54, 1.807) is 0 Å². The summed E-state index contributed by atoms with van der Waals surface area (Å²) in [6.45, 7) is 5.88. The van der Waals surface area contributed by atoms with Gasteiger partial charge < -0.3 is 9.22 Å². The molecule has 138 valence electrons. The van der Waals surface area contributed by atoms with E-state index in [2.05, 4.69) is 46.2 Å². The first-order valence-corrected chi connectivity index (χ1v) is 9.02. The van der Waals surface area contributed by atoms with E-state index in [1.807, 2.05) is 54.6 Å². The van der Waals surface area contributed by atoms with Crippen molar-refractivity contribution in [3.63, 3.8) is 0 Å². The number of rotatable bonds is 9. The summed E-state index contributed by atoms with van der Waals surface area (Å²) in [6.07, 6.45) is 4.09. The topological polar surface area (TPSA) is 26.3 Å². The highest BCUT2D eigenvalue weighted by Crippen LogP contribution is 2.21. The standard InChI is InChI=1S/C23H30NO2/c1-23(2,19-26-17-11-14-20-12-7-5-8-13-20)24(3,4)18-22(25)21-15-9-6-10-16-21/h5-16H,17-19H2,1-4H3/q+1/b14-11+. The van der Waals surface area contributed by atoms with Crippen molar-refractivity contribution < 1.29 is 14.0 Å². The van der Waals surface area contributed by atoms with Gasteiger partial charge in [0.25, 0.3) is 0 Å². The number of nitrogens with zero attached hydrogens (tertiary/aromatic N) is 1. The molecule has 0 unspecified atom stereocenters. The number of ketones is 1. The second-order valence-electron chi connectivity index (χ2n) is 7.77. The lowest BCUT2D eigenvalue weighted by Gasteiger charge is -2.43. The minimum Gasteiger partial charge on any atom is -0.371 e. The monoisotopic (exact) mass is 352 g/mol. The molecule has 0 fully saturated rings. The molecule has 0 heterocycles. The van der Waals surface area contributed by atoms with Crippen LogP contribution in [0.3, 0.4) is 0 Å². The Balaban J connectivity index is 1.86. The first-order valence-electron chi connectivity index (χ1n) is 9.02. The quantitative estimate of drug-likeness (QED) is 0.378. The highest BCUT2D eigenvalue weighted by Gasteiger charge is 2.38. The van der Waals surface area contributed by atoms with Gasteiger partial charge >= 0.3 is 0 Å². The van der Waals surface area contributed by atoms with Crippen LogP contribution in [0.25, 0.3) is 6.08 Å². The summed E-state index contributed by atoms with van der Waals surface area (Å²) in [5, 5.41) is 0. The summed E-state index contributed by atoms with van der Waals surface area (Å²) in [5.74, 6) is 0.160. The molecule has 0 aromatic heterocycles. The number of carbonyl (C=O) groups excluding carboxylic acids is 1. The van der Waals surface area contributed by atoms with Crippen molar-refractivity contribution in [3.05, 3.63) is 77.9 Å². The van der Waals surface area contributed by atoms with Crippen molar-refractivity contribution >= 4 is 11.9 Å². The Morgan fingerprint density at radius 1 is 1.00 bits per heavy atom. The van der Waals surface area contributed by atoms with Gasteiger partial charge in [-0.05, 0) is 19.4 Å². The Kier molecular flexibility index (Phi) is 6.90. The van der Waals surface area contributed by atoms with Gasteiger partial charge in [-0.15, -0.1) is 0 Å². The van der Waals surface area contributed by atoms with E-state index in [0.717, 1.165) is 5.56 Å².